The minimum Gasteiger partial charge on any atom is -0.464 e. The predicted molar refractivity (Wildman–Crippen MR) is 107 cm³/mol. The molecule has 0 aliphatic heterocycles. The third-order valence-corrected chi connectivity index (χ3v) is 4.50. The van der Waals surface area contributed by atoms with Crippen molar-refractivity contribution in [2.75, 3.05) is 32.2 Å². The first-order valence-electron chi connectivity index (χ1n) is 9.55. The smallest absolute Gasteiger partial charge is 0.329 e. The largest absolute Gasteiger partial charge is 0.464 e. The molecule has 0 spiro atoms. The predicted octanol–water partition coefficient (Wildman–Crippen LogP) is 0.240. The van der Waals surface area contributed by atoms with Gasteiger partial charge < -0.3 is 24.6 Å². The second-order valence-corrected chi connectivity index (χ2v) is 7.13. The summed E-state index contributed by atoms with van der Waals surface area (Å²) in [4.78, 5) is 78.7. The van der Waals surface area contributed by atoms with Gasteiger partial charge in [0.25, 0.3) is 15.3 Å². The van der Waals surface area contributed by atoms with Gasteiger partial charge in [0.15, 0.2) is 5.12 Å². The molecule has 0 rings (SSSR count). The zero-order valence-corrected chi connectivity index (χ0v) is 18.2. The maximum absolute atomic E-state index is 12.3. The molecule has 17 nitrogen and oxygen atoms in total. The van der Waals surface area contributed by atoms with E-state index >= 15 is 0 Å². The van der Waals surface area contributed by atoms with Gasteiger partial charge in [0, 0.05) is 18.6 Å². The monoisotopic (exact) mass is 500 g/mol. The molecule has 1 amide bonds. The van der Waals surface area contributed by atoms with Crippen molar-refractivity contribution in [1.82, 2.24) is 5.32 Å². The topological polar surface area (TPSA) is 230 Å². The van der Waals surface area contributed by atoms with Crippen LogP contribution in [0.25, 0.3) is 0 Å². The number of esters is 1. The van der Waals surface area contributed by atoms with Crippen LogP contribution in [-0.4, -0.2) is 70.5 Å². The first-order valence-corrected chi connectivity index (χ1v) is 10.5. The molecule has 0 aromatic carbocycles. The molecule has 1 unspecified atom stereocenters. The summed E-state index contributed by atoms with van der Waals surface area (Å²) >= 11 is 0.708. The Hall–Kier alpha value is -3.44. The first-order chi connectivity index (χ1) is 15.6. The third-order valence-electron chi connectivity index (χ3n) is 3.48. The lowest BCUT2D eigenvalue weighted by molar-refractivity contribution is -0.757. The molecular weight excluding hydrogens is 476 g/mol. The normalized spacial score (nSPS) is 11.0. The Balaban J connectivity index is 4.54. The van der Waals surface area contributed by atoms with Gasteiger partial charge in [-0.3, -0.25) is 9.59 Å². The number of hydrogen-bond acceptors (Lipinski definition) is 14. The number of thioether (sulfide) groups is 1. The van der Waals surface area contributed by atoms with Gasteiger partial charge in [-0.15, -0.1) is 30.3 Å². The molecule has 1 atom stereocenters. The second-order valence-electron chi connectivity index (χ2n) is 6.06. The second kappa shape index (κ2) is 18.2. The molecule has 188 valence electrons. The summed E-state index contributed by atoms with van der Waals surface area (Å²) in [5.41, 5.74) is 0. The van der Waals surface area contributed by atoms with Gasteiger partial charge in [-0.2, -0.15) is 0 Å². The van der Waals surface area contributed by atoms with E-state index in [1.165, 1.54) is 0 Å². The molecular formula is C15H24N4O13S. The molecule has 0 aliphatic carbocycles. The molecule has 0 saturated heterocycles. The van der Waals surface area contributed by atoms with Gasteiger partial charge in [0.05, 0.1) is 26.4 Å². The first kappa shape index (κ1) is 29.6. The highest BCUT2D eigenvalue weighted by molar-refractivity contribution is 8.13. The highest BCUT2D eigenvalue weighted by Gasteiger charge is 2.23. The molecule has 1 N–H and O–H groups in total. The van der Waals surface area contributed by atoms with Crippen LogP contribution in [0.5, 0.6) is 0 Å². The van der Waals surface area contributed by atoms with Crippen molar-refractivity contribution >= 4 is 28.8 Å². The highest BCUT2D eigenvalue weighted by Crippen LogP contribution is 2.11. The Bertz CT molecular complexity index is 678. The van der Waals surface area contributed by atoms with Gasteiger partial charge in [-0.25, -0.2) is 4.79 Å². The molecule has 0 heterocycles. The van der Waals surface area contributed by atoms with Crippen molar-refractivity contribution in [2.45, 2.75) is 44.6 Å². The fourth-order valence-corrected chi connectivity index (χ4v) is 2.89. The van der Waals surface area contributed by atoms with Crippen LogP contribution in [-0.2, 0) is 33.6 Å². The molecule has 0 saturated carbocycles. The molecule has 0 fully saturated rings. The number of carbonyl (C=O) groups excluding carboxylic acids is 3. The SMILES string of the molecule is O=C(CCCO[N+](=O)[O-])NC(CSC(=O)CCCO[N+](=O)[O-])C(=O)OCCCCO[N+](=O)[O-]. The summed E-state index contributed by atoms with van der Waals surface area (Å²) < 4.78 is 5.01. The number of nitrogens with one attached hydrogen (secondary N) is 1. The van der Waals surface area contributed by atoms with Crippen LogP contribution in [0.4, 0.5) is 0 Å². The van der Waals surface area contributed by atoms with E-state index in [1.54, 1.807) is 0 Å². The summed E-state index contributed by atoms with van der Waals surface area (Å²) in [5.74, 6) is -1.66. The number of unbranched alkanes of at least 4 members (excludes halogenated alkanes) is 1. The van der Waals surface area contributed by atoms with Crippen LogP contribution >= 0.6 is 11.8 Å². The van der Waals surface area contributed by atoms with Crippen molar-refractivity contribution in [2.24, 2.45) is 0 Å². The molecule has 18 heteroatoms. The van der Waals surface area contributed by atoms with E-state index in [0.717, 1.165) is 0 Å². The summed E-state index contributed by atoms with van der Waals surface area (Å²) in [6.45, 7) is -0.879. The highest BCUT2D eigenvalue weighted by atomic mass is 32.2. The van der Waals surface area contributed by atoms with Crippen molar-refractivity contribution in [1.29, 1.82) is 0 Å². The van der Waals surface area contributed by atoms with Gasteiger partial charge in [0.2, 0.25) is 5.91 Å². The van der Waals surface area contributed by atoms with Gasteiger partial charge in [-0.1, -0.05) is 11.8 Å². The zero-order chi connectivity index (χ0) is 25.1. The Morgan fingerprint density at radius 1 is 0.758 bits per heavy atom. The number of nitrogens with zero attached hydrogens (tertiary/aromatic N) is 3. The van der Waals surface area contributed by atoms with Gasteiger partial charge in [0.1, 0.15) is 6.04 Å². The molecule has 0 bridgehead atoms. The molecule has 0 radical (unpaired) electrons. The van der Waals surface area contributed by atoms with Crippen molar-refractivity contribution in [3.05, 3.63) is 30.3 Å². The molecule has 0 aromatic rings. The maximum atomic E-state index is 12.3. The van der Waals surface area contributed by atoms with E-state index in [-0.39, 0.29) is 70.7 Å². The van der Waals surface area contributed by atoms with Gasteiger partial charge >= 0.3 is 5.97 Å². The van der Waals surface area contributed by atoms with Crippen molar-refractivity contribution < 1.29 is 48.9 Å². The average molecular weight is 500 g/mol. The van der Waals surface area contributed by atoms with Crippen LogP contribution in [0, 0.1) is 30.3 Å². The molecule has 33 heavy (non-hydrogen) atoms. The van der Waals surface area contributed by atoms with Gasteiger partial charge in [-0.05, 0) is 25.7 Å². The minimum atomic E-state index is -1.21. The number of rotatable bonds is 20. The number of amides is 1. The lowest BCUT2D eigenvalue weighted by Gasteiger charge is -2.17. The standard InChI is InChI=1S/C15H24N4O13S/c20-13(5-3-9-31-18(25)26)16-12(11-33-14(21)6-4-10-32-19(27)28)15(22)29-7-1-2-8-30-17(23)24/h12H,1-11H2,(H,16,20). The quantitative estimate of drug-likeness (QED) is 0.102. The number of ether oxygens (including phenoxy) is 1. The summed E-state index contributed by atoms with van der Waals surface area (Å²) in [5, 5.41) is 29.2. The van der Waals surface area contributed by atoms with E-state index in [4.69, 9.17) is 4.74 Å². The Morgan fingerprint density at radius 2 is 1.24 bits per heavy atom. The lowest BCUT2D eigenvalue weighted by atomic mass is 10.2. The Morgan fingerprint density at radius 3 is 1.79 bits per heavy atom. The van der Waals surface area contributed by atoms with Crippen LogP contribution in [0.1, 0.15) is 38.5 Å². The van der Waals surface area contributed by atoms with E-state index in [0.29, 0.717) is 11.8 Å². The Labute approximate surface area is 190 Å². The number of carbonyl (C=O) groups is 3. The minimum absolute atomic E-state index is 0.00749. The van der Waals surface area contributed by atoms with Crippen molar-refractivity contribution in [3.63, 3.8) is 0 Å². The zero-order valence-electron chi connectivity index (χ0n) is 17.4. The lowest BCUT2D eigenvalue weighted by Crippen LogP contribution is -2.44. The van der Waals surface area contributed by atoms with Crippen LogP contribution in [0.2, 0.25) is 0 Å². The maximum Gasteiger partial charge on any atom is 0.329 e. The summed E-state index contributed by atoms with van der Waals surface area (Å²) in [6, 6.07) is -1.21. The fraction of sp³-hybridized carbons (Fsp3) is 0.800. The molecule has 0 aliphatic rings. The van der Waals surface area contributed by atoms with E-state index in [9.17, 15) is 44.7 Å². The molecule has 0 aromatic heterocycles. The van der Waals surface area contributed by atoms with E-state index < -0.39 is 38.3 Å². The van der Waals surface area contributed by atoms with Crippen LogP contribution < -0.4 is 5.32 Å². The van der Waals surface area contributed by atoms with Crippen LogP contribution in [0.3, 0.4) is 0 Å². The fourth-order valence-electron chi connectivity index (χ4n) is 2.03. The Kier molecular flexibility index (Phi) is 16.3. The number of hydrogen-bond donors (Lipinski definition) is 1. The third kappa shape index (κ3) is 19.0. The summed E-state index contributed by atoms with van der Waals surface area (Å²) in [7, 11) is 0. The van der Waals surface area contributed by atoms with Crippen molar-refractivity contribution in [3.8, 4) is 0 Å². The van der Waals surface area contributed by atoms with E-state index in [1.807, 2.05) is 0 Å². The van der Waals surface area contributed by atoms with Crippen LogP contribution in [0.15, 0.2) is 0 Å². The van der Waals surface area contributed by atoms with E-state index in [2.05, 4.69) is 19.8 Å². The summed E-state index contributed by atoms with van der Waals surface area (Å²) in [6.07, 6.45) is 0.322. The average Bonchev–Trinajstić information content (AvgIpc) is 2.73.